The Balaban J connectivity index is 2.31. The topological polar surface area (TPSA) is 0 Å². The first-order chi connectivity index (χ1) is 12.0. The van der Waals surface area contributed by atoms with E-state index < -0.39 is 0 Å². The van der Waals surface area contributed by atoms with Gasteiger partial charge >= 0.3 is 0 Å². The highest BCUT2D eigenvalue weighted by atomic mass is 14.5. The third-order valence-corrected chi connectivity index (χ3v) is 5.66. The summed E-state index contributed by atoms with van der Waals surface area (Å²) in [6, 6.07) is 22.2. The standard InChI is InChI=1S/C25H30/c1-5-13-20-14-12-19-23(20)25(24(2,3)4,21-15-8-6-9-16-21)22-17-10-7-11-18-22/h6-12,14-19,23H,5,13H2,1-4H3. The van der Waals surface area contributed by atoms with E-state index in [1.807, 2.05) is 0 Å². The van der Waals surface area contributed by atoms with Crippen LogP contribution in [0.2, 0.25) is 0 Å². The van der Waals surface area contributed by atoms with Gasteiger partial charge < -0.3 is 0 Å². The van der Waals surface area contributed by atoms with Crippen molar-refractivity contribution in [2.24, 2.45) is 11.3 Å². The molecule has 2 aromatic rings. The number of benzene rings is 2. The Morgan fingerprint density at radius 1 is 0.800 bits per heavy atom. The van der Waals surface area contributed by atoms with E-state index in [4.69, 9.17) is 0 Å². The van der Waals surface area contributed by atoms with Crippen molar-refractivity contribution >= 4 is 0 Å². The first-order valence-electron chi connectivity index (χ1n) is 9.50. The third-order valence-electron chi connectivity index (χ3n) is 5.66. The Hall–Kier alpha value is -2.08. The van der Waals surface area contributed by atoms with E-state index in [0.29, 0.717) is 5.92 Å². The highest BCUT2D eigenvalue weighted by molar-refractivity contribution is 5.49. The number of rotatable bonds is 5. The van der Waals surface area contributed by atoms with Crippen LogP contribution in [0.5, 0.6) is 0 Å². The molecule has 0 saturated carbocycles. The molecule has 0 amide bonds. The minimum absolute atomic E-state index is 0.0713. The lowest BCUT2D eigenvalue weighted by Crippen LogP contribution is -2.47. The minimum atomic E-state index is -0.0798. The predicted molar refractivity (Wildman–Crippen MR) is 109 cm³/mol. The molecule has 0 saturated heterocycles. The van der Waals surface area contributed by atoms with E-state index >= 15 is 0 Å². The zero-order valence-corrected chi connectivity index (χ0v) is 16.0. The van der Waals surface area contributed by atoms with Crippen molar-refractivity contribution < 1.29 is 0 Å². The second-order valence-corrected chi connectivity index (χ2v) is 8.14. The zero-order chi connectivity index (χ0) is 17.9. The fraction of sp³-hybridized carbons (Fsp3) is 0.360. The average molecular weight is 331 g/mol. The molecule has 130 valence electrons. The Kier molecular flexibility index (Phi) is 4.99. The smallest absolute Gasteiger partial charge is 0.0351 e. The molecule has 1 aliphatic rings. The monoisotopic (exact) mass is 330 g/mol. The summed E-state index contributed by atoms with van der Waals surface area (Å²) < 4.78 is 0. The van der Waals surface area contributed by atoms with Gasteiger partial charge in [0.05, 0.1) is 0 Å². The van der Waals surface area contributed by atoms with Crippen molar-refractivity contribution in [3.05, 3.63) is 95.6 Å². The first kappa shape index (κ1) is 17.7. The summed E-state index contributed by atoms with van der Waals surface area (Å²) in [5.74, 6) is 0.400. The van der Waals surface area contributed by atoms with Gasteiger partial charge in [-0.25, -0.2) is 0 Å². The first-order valence-corrected chi connectivity index (χ1v) is 9.50. The summed E-state index contributed by atoms with van der Waals surface area (Å²) in [6.45, 7) is 9.45. The molecule has 2 aromatic carbocycles. The summed E-state index contributed by atoms with van der Waals surface area (Å²) >= 11 is 0. The third kappa shape index (κ3) is 2.99. The van der Waals surface area contributed by atoms with Crippen LogP contribution in [0.15, 0.2) is 84.5 Å². The van der Waals surface area contributed by atoms with E-state index in [0.717, 1.165) is 6.42 Å². The molecule has 0 radical (unpaired) electrons. The fourth-order valence-electron chi connectivity index (χ4n) is 4.73. The summed E-state index contributed by atoms with van der Waals surface area (Å²) in [6.07, 6.45) is 9.39. The largest absolute Gasteiger partial charge is 0.0761 e. The second kappa shape index (κ2) is 7.04. The van der Waals surface area contributed by atoms with Gasteiger partial charge in [-0.3, -0.25) is 0 Å². The highest BCUT2D eigenvalue weighted by Gasteiger charge is 2.51. The normalized spacial score (nSPS) is 17.6. The molecule has 0 fully saturated rings. The molecule has 0 nitrogen and oxygen atoms in total. The van der Waals surface area contributed by atoms with Crippen molar-refractivity contribution in [2.75, 3.05) is 0 Å². The summed E-state index contributed by atoms with van der Waals surface area (Å²) in [5, 5.41) is 0. The molecule has 0 aromatic heterocycles. The molecule has 1 aliphatic carbocycles. The second-order valence-electron chi connectivity index (χ2n) is 8.14. The average Bonchev–Trinajstić information content (AvgIpc) is 3.05. The van der Waals surface area contributed by atoms with Crippen LogP contribution in [0, 0.1) is 11.3 Å². The summed E-state index contributed by atoms with van der Waals surface area (Å²) in [4.78, 5) is 0. The molecule has 0 N–H and O–H groups in total. The van der Waals surface area contributed by atoms with Crippen molar-refractivity contribution in [2.45, 2.75) is 46.0 Å². The van der Waals surface area contributed by atoms with Crippen molar-refractivity contribution in [1.82, 2.24) is 0 Å². The van der Waals surface area contributed by atoms with Gasteiger partial charge in [0.15, 0.2) is 0 Å². The number of hydrogen-bond donors (Lipinski definition) is 0. The van der Waals surface area contributed by atoms with Crippen LogP contribution in [-0.4, -0.2) is 0 Å². The lowest BCUT2D eigenvalue weighted by molar-refractivity contribution is 0.188. The molecule has 0 bridgehead atoms. The zero-order valence-electron chi connectivity index (χ0n) is 16.0. The van der Waals surface area contributed by atoms with Crippen LogP contribution in [0.1, 0.15) is 51.7 Å². The van der Waals surface area contributed by atoms with E-state index in [1.165, 1.54) is 17.5 Å². The van der Waals surface area contributed by atoms with Gasteiger partial charge in [0.2, 0.25) is 0 Å². The molecule has 0 spiro atoms. The van der Waals surface area contributed by atoms with Crippen molar-refractivity contribution in [1.29, 1.82) is 0 Å². The van der Waals surface area contributed by atoms with Crippen LogP contribution >= 0.6 is 0 Å². The van der Waals surface area contributed by atoms with E-state index in [9.17, 15) is 0 Å². The van der Waals surface area contributed by atoms with Gasteiger partial charge in [-0.2, -0.15) is 0 Å². The van der Waals surface area contributed by atoms with Crippen LogP contribution in [0.4, 0.5) is 0 Å². The minimum Gasteiger partial charge on any atom is -0.0761 e. The van der Waals surface area contributed by atoms with E-state index in [2.05, 4.69) is 107 Å². The van der Waals surface area contributed by atoms with Gasteiger partial charge in [-0.15, -0.1) is 0 Å². The fourth-order valence-corrected chi connectivity index (χ4v) is 4.73. The van der Waals surface area contributed by atoms with E-state index in [1.54, 1.807) is 5.57 Å². The quantitative estimate of drug-likeness (QED) is 0.557. The Labute approximate surface area is 153 Å². The Morgan fingerprint density at radius 3 is 1.76 bits per heavy atom. The summed E-state index contributed by atoms with van der Waals surface area (Å²) in [7, 11) is 0. The van der Waals surface area contributed by atoms with Gasteiger partial charge in [0.1, 0.15) is 0 Å². The lowest BCUT2D eigenvalue weighted by atomic mass is 9.52. The lowest BCUT2D eigenvalue weighted by Gasteiger charge is -2.51. The number of hydrogen-bond acceptors (Lipinski definition) is 0. The van der Waals surface area contributed by atoms with Gasteiger partial charge in [0.25, 0.3) is 0 Å². The summed E-state index contributed by atoms with van der Waals surface area (Å²) in [5.41, 5.74) is 4.37. The molecular formula is C25H30. The maximum absolute atomic E-state index is 2.43. The Morgan fingerprint density at radius 2 is 1.32 bits per heavy atom. The maximum Gasteiger partial charge on any atom is 0.0351 e. The number of allylic oxidation sites excluding steroid dienone is 4. The Bertz CT molecular complexity index is 702. The molecular weight excluding hydrogens is 300 g/mol. The van der Waals surface area contributed by atoms with Crippen LogP contribution in [-0.2, 0) is 5.41 Å². The molecule has 0 heteroatoms. The highest BCUT2D eigenvalue weighted by Crippen LogP contribution is 2.56. The van der Waals surface area contributed by atoms with Crippen molar-refractivity contribution in [3.63, 3.8) is 0 Å². The SMILES string of the molecule is CCCC1=CC=CC1C(c1ccccc1)(c1ccccc1)C(C)(C)C. The maximum atomic E-state index is 2.43. The van der Waals surface area contributed by atoms with Crippen LogP contribution in [0.3, 0.4) is 0 Å². The van der Waals surface area contributed by atoms with Crippen molar-refractivity contribution in [3.8, 4) is 0 Å². The van der Waals surface area contributed by atoms with Gasteiger partial charge in [-0.05, 0) is 23.0 Å². The molecule has 0 heterocycles. The predicted octanol–water partition coefficient (Wildman–Crippen LogP) is 6.93. The van der Waals surface area contributed by atoms with E-state index in [-0.39, 0.29) is 10.8 Å². The van der Waals surface area contributed by atoms with Gasteiger partial charge in [-0.1, -0.05) is 119 Å². The molecule has 3 rings (SSSR count). The van der Waals surface area contributed by atoms with Gasteiger partial charge in [0, 0.05) is 11.3 Å². The van der Waals surface area contributed by atoms with Crippen LogP contribution in [0.25, 0.3) is 0 Å². The molecule has 1 unspecified atom stereocenters. The molecule has 0 aliphatic heterocycles. The molecule has 25 heavy (non-hydrogen) atoms. The van der Waals surface area contributed by atoms with Crippen LogP contribution < -0.4 is 0 Å². The molecule has 1 atom stereocenters.